The van der Waals surface area contributed by atoms with E-state index in [9.17, 15) is 24.8 Å². The smallest absolute Gasteiger partial charge is 0.126 e. The Morgan fingerprint density at radius 1 is 0.964 bits per heavy atom. The third-order valence-corrected chi connectivity index (χ3v) is 6.25. The summed E-state index contributed by atoms with van der Waals surface area (Å²) in [7, 11) is 0. The number of halogens is 1. The topological polar surface area (TPSA) is 90.2 Å². The van der Waals surface area contributed by atoms with E-state index >= 15 is 0 Å². The van der Waals surface area contributed by atoms with Gasteiger partial charge in [0, 0.05) is 16.0 Å². The Balaban J connectivity index is 1.63. The van der Waals surface area contributed by atoms with Gasteiger partial charge in [0.15, 0.2) is 0 Å². The van der Waals surface area contributed by atoms with Crippen LogP contribution in [-0.2, 0) is 11.2 Å². The summed E-state index contributed by atoms with van der Waals surface area (Å²) in [5.74, 6) is -0.370. The lowest BCUT2D eigenvalue weighted by molar-refractivity contribution is -0.231. The minimum atomic E-state index is -1.47. The predicted molar refractivity (Wildman–Crippen MR) is 104 cm³/mol. The summed E-state index contributed by atoms with van der Waals surface area (Å²) in [4.78, 5) is 1.01. The lowest BCUT2D eigenvalue weighted by atomic mass is 9.90. The van der Waals surface area contributed by atoms with E-state index in [0.29, 0.717) is 17.5 Å². The van der Waals surface area contributed by atoms with Crippen molar-refractivity contribution in [3.63, 3.8) is 0 Å². The van der Waals surface area contributed by atoms with Gasteiger partial charge in [0.2, 0.25) is 0 Å². The number of ether oxygens (including phenoxy) is 1. The molecule has 5 nitrogen and oxygen atoms in total. The monoisotopic (exact) mass is 404 g/mol. The van der Waals surface area contributed by atoms with Crippen LogP contribution in [0.15, 0.2) is 48.5 Å². The summed E-state index contributed by atoms with van der Waals surface area (Å²) in [6.45, 7) is -0.503. The van der Waals surface area contributed by atoms with E-state index < -0.39 is 37.1 Å². The van der Waals surface area contributed by atoms with Crippen molar-refractivity contribution in [3.8, 4) is 0 Å². The first-order chi connectivity index (χ1) is 13.5. The van der Waals surface area contributed by atoms with Gasteiger partial charge in [-0.25, -0.2) is 4.39 Å². The molecule has 0 aliphatic carbocycles. The van der Waals surface area contributed by atoms with Crippen molar-refractivity contribution in [1.82, 2.24) is 0 Å². The Morgan fingerprint density at radius 3 is 2.50 bits per heavy atom. The second-order valence-corrected chi connectivity index (χ2v) is 8.20. The van der Waals surface area contributed by atoms with Gasteiger partial charge in [-0.1, -0.05) is 24.3 Å². The maximum Gasteiger partial charge on any atom is 0.126 e. The molecule has 0 spiro atoms. The zero-order valence-electron chi connectivity index (χ0n) is 14.9. The minimum Gasteiger partial charge on any atom is -0.394 e. The van der Waals surface area contributed by atoms with Gasteiger partial charge in [0.05, 0.1) is 6.61 Å². The number of thiophene rings is 1. The van der Waals surface area contributed by atoms with Crippen molar-refractivity contribution in [2.24, 2.45) is 0 Å². The molecule has 3 aromatic rings. The van der Waals surface area contributed by atoms with E-state index in [2.05, 4.69) is 0 Å². The fourth-order valence-electron chi connectivity index (χ4n) is 3.60. The van der Waals surface area contributed by atoms with E-state index in [1.165, 1.54) is 12.1 Å². The van der Waals surface area contributed by atoms with E-state index in [4.69, 9.17) is 4.74 Å². The van der Waals surface area contributed by atoms with Gasteiger partial charge in [-0.15, -0.1) is 11.3 Å². The van der Waals surface area contributed by atoms with Gasteiger partial charge in [-0.2, -0.15) is 0 Å². The average Bonchev–Trinajstić information content (AvgIpc) is 3.11. The highest BCUT2D eigenvalue weighted by molar-refractivity contribution is 7.19. The molecule has 1 saturated heterocycles. The molecule has 1 aliphatic heterocycles. The van der Waals surface area contributed by atoms with Gasteiger partial charge in [-0.05, 0) is 40.8 Å². The molecule has 0 radical (unpaired) electrons. The van der Waals surface area contributed by atoms with E-state index in [-0.39, 0.29) is 5.82 Å². The summed E-state index contributed by atoms with van der Waals surface area (Å²) in [5.41, 5.74) is 0.926. The summed E-state index contributed by atoms with van der Waals surface area (Å²) >= 11 is 1.59. The highest BCUT2D eigenvalue weighted by Gasteiger charge is 2.44. The summed E-state index contributed by atoms with van der Waals surface area (Å²) in [6.07, 6.45) is -5.87. The molecule has 0 amide bonds. The van der Waals surface area contributed by atoms with Crippen LogP contribution in [0.2, 0.25) is 0 Å². The quantitative estimate of drug-likeness (QED) is 0.535. The van der Waals surface area contributed by atoms with E-state index in [1.807, 2.05) is 30.3 Å². The third-order valence-electron chi connectivity index (χ3n) is 5.13. The molecule has 1 aliphatic rings. The Labute approximate surface area is 165 Å². The molecule has 2 heterocycles. The second-order valence-electron chi connectivity index (χ2n) is 7.03. The van der Waals surface area contributed by atoms with Crippen LogP contribution < -0.4 is 0 Å². The lowest BCUT2D eigenvalue weighted by Crippen LogP contribution is -2.55. The number of fused-ring (bicyclic) bond motifs is 1. The van der Waals surface area contributed by atoms with Gasteiger partial charge >= 0.3 is 0 Å². The lowest BCUT2D eigenvalue weighted by Gasteiger charge is -2.40. The van der Waals surface area contributed by atoms with Crippen LogP contribution in [0.5, 0.6) is 0 Å². The van der Waals surface area contributed by atoms with Crippen molar-refractivity contribution in [2.75, 3.05) is 6.61 Å². The third kappa shape index (κ3) is 3.57. The Kier molecular flexibility index (Phi) is 5.46. The first kappa shape index (κ1) is 19.4. The molecule has 4 rings (SSSR count). The standard InChI is InChI=1S/C21H21FO5S/c22-15-6-5-12(21-20(26)19(25)18(24)16(10-23)27-21)7-13(15)9-14-8-11-3-1-2-4-17(11)28-14/h1-8,16,18-21,23-26H,9-10H2/t16-,18+,19+,20+,21+/m0/s1. The van der Waals surface area contributed by atoms with Crippen LogP contribution in [0.3, 0.4) is 0 Å². The second kappa shape index (κ2) is 7.87. The molecule has 148 valence electrons. The fourth-order valence-corrected chi connectivity index (χ4v) is 4.68. The van der Waals surface area contributed by atoms with Crippen LogP contribution in [0.25, 0.3) is 10.1 Å². The molecule has 7 heteroatoms. The normalized spacial score (nSPS) is 28.0. The first-order valence-corrected chi connectivity index (χ1v) is 9.86. The number of rotatable bonds is 4. The first-order valence-electron chi connectivity index (χ1n) is 9.04. The van der Waals surface area contributed by atoms with Crippen LogP contribution >= 0.6 is 11.3 Å². The molecule has 5 atom stereocenters. The summed E-state index contributed by atoms with van der Waals surface area (Å²) in [5, 5.41) is 40.7. The van der Waals surface area contributed by atoms with Gasteiger partial charge in [0.1, 0.15) is 36.3 Å². The fraction of sp³-hybridized carbons (Fsp3) is 0.333. The van der Waals surface area contributed by atoms with Crippen molar-refractivity contribution >= 4 is 21.4 Å². The highest BCUT2D eigenvalue weighted by atomic mass is 32.1. The molecule has 2 aromatic carbocycles. The number of hydrogen-bond acceptors (Lipinski definition) is 6. The van der Waals surface area contributed by atoms with Gasteiger partial charge in [-0.3, -0.25) is 0 Å². The van der Waals surface area contributed by atoms with Crippen molar-refractivity contribution in [2.45, 2.75) is 36.9 Å². The van der Waals surface area contributed by atoms with Crippen LogP contribution in [0, 0.1) is 5.82 Å². The Morgan fingerprint density at radius 2 is 1.75 bits per heavy atom. The molecule has 1 fully saturated rings. The SMILES string of the molecule is OC[C@@H]1O[C@H](c2ccc(F)c(Cc3cc4ccccc4s3)c2)[C@H](O)[C@H](O)[C@@H]1O. The molecular weight excluding hydrogens is 383 g/mol. The molecule has 28 heavy (non-hydrogen) atoms. The van der Waals surface area contributed by atoms with Crippen LogP contribution in [0.4, 0.5) is 4.39 Å². The highest BCUT2D eigenvalue weighted by Crippen LogP contribution is 2.34. The minimum absolute atomic E-state index is 0.370. The Bertz CT molecular complexity index is 939. The molecule has 0 unspecified atom stereocenters. The van der Waals surface area contributed by atoms with E-state index in [0.717, 1.165) is 15.0 Å². The Hall–Kier alpha value is -1.87. The van der Waals surface area contributed by atoms with Crippen molar-refractivity contribution in [1.29, 1.82) is 0 Å². The number of hydrogen-bond donors (Lipinski definition) is 4. The van der Waals surface area contributed by atoms with Gasteiger partial charge in [0.25, 0.3) is 0 Å². The summed E-state index contributed by atoms with van der Waals surface area (Å²) < 4.78 is 21.1. The summed E-state index contributed by atoms with van der Waals surface area (Å²) in [6, 6.07) is 14.4. The molecular formula is C21H21FO5S. The zero-order chi connectivity index (χ0) is 19.8. The van der Waals surface area contributed by atoms with E-state index in [1.54, 1.807) is 17.4 Å². The molecule has 1 aromatic heterocycles. The predicted octanol–water partition coefficient (Wildman–Crippen LogP) is 2.15. The number of aliphatic hydroxyl groups is 4. The maximum absolute atomic E-state index is 14.4. The molecule has 0 saturated carbocycles. The average molecular weight is 404 g/mol. The molecule has 0 bridgehead atoms. The number of benzene rings is 2. The van der Waals surface area contributed by atoms with Crippen molar-refractivity contribution in [3.05, 3.63) is 70.4 Å². The molecule has 4 N–H and O–H groups in total. The van der Waals surface area contributed by atoms with Crippen LogP contribution in [-0.4, -0.2) is 51.4 Å². The van der Waals surface area contributed by atoms with Crippen LogP contribution in [0.1, 0.15) is 22.1 Å². The van der Waals surface area contributed by atoms with Crippen molar-refractivity contribution < 1.29 is 29.6 Å². The van der Waals surface area contributed by atoms with Gasteiger partial charge < -0.3 is 25.2 Å². The zero-order valence-corrected chi connectivity index (χ0v) is 15.7. The number of aliphatic hydroxyl groups excluding tert-OH is 4. The largest absolute Gasteiger partial charge is 0.394 e. The maximum atomic E-state index is 14.4.